The fourth-order valence-electron chi connectivity index (χ4n) is 2.33. The molecular formula is C14H21BrN2O. The highest BCUT2D eigenvalue weighted by atomic mass is 79.9. The molecule has 0 saturated carbocycles. The molecule has 0 spiro atoms. The Kier molecular flexibility index (Phi) is 4.65. The summed E-state index contributed by atoms with van der Waals surface area (Å²) < 4.78 is 1.13. The zero-order valence-electron chi connectivity index (χ0n) is 11.0. The van der Waals surface area contributed by atoms with Crippen molar-refractivity contribution >= 4 is 21.6 Å². The van der Waals surface area contributed by atoms with E-state index >= 15 is 0 Å². The molecule has 0 aliphatic carbocycles. The second kappa shape index (κ2) is 6.04. The fourth-order valence-corrected chi connectivity index (χ4v) is 2.69. The lowest BCUT2D eigenvalue weighted by atomic mass is 10.1. The number of rotatable bonds is 2. The lowest BCUT2D eigenvalue weighted by Crippen LogP contribution is -2.42. The molecule has 0 radical (unpaired) electrons. The van der Waals surface area contributed by atoms with E-state index in [1.54, 1.807) is 0 Å². The molecule has 0 aromatic heterocycles. The number of aliphatic hydroxyl groups excluding tert-OH is 1. The molecule has 1 fully saturated rings. The van der Waals surface area contributed by atoms with E-state index < -0.39 is 0 Å². The maximum atomic E-state index is 9.56. The van der Waals surface area contributed by atoms with Crippen molar-refractivity contribution in [1.82, 2.24) is 5.32 Å². The van der Waals surface area contributed by atoms with Gasteiger partial charge in [0, 0.05) is 29.3 Å². The number of nitrogens with one attached hydrogen (secondary N) is 1. The van der Waals surface area contributed by atoms with Crippen LogP contribution < -0.4 is 10.2 Å². The van der Waals surface area contributed by atoms with Crippen LogP contribution in [0.3, 0.4) is 0 Å². The molecule has 1 aromatic carbocycles. The fraction of sp³-hybridized carbons (Fsp3) is 0.571. The molecule has 2 unspecified atom stereocenters. The van der Waals surface area contributed by atoms with Gasteiger partial charge in [0.15, 0.2) is 0 Å². The maximum absolute atomic E-state index is 9.56. The molecule has 0 amide bonds. The normalized spacial score (nSPS) is 25.0. The van der Waals surface area contributed by atoms with E-state index in [0.29, 0.717) is 6.04 Å². The zero-order chi connectivity index (χ0) is 13.1. The second-order valence-electron chi connectivity index (χ2n) is 5.06. The highest BCUT2D eigenvalue weighted by molar-refractivity contribution is 9.10. The maximum Gasteiger partial charge on any atom is 0.0647 e. The monoisotopic (exact) mass is 312 g/mol. The molecule has 1 saturated heterocycles. The van der Waals surface area contributed by atoms with E-state index in [1.807, 2.05) is 0 Å². The minimum absolute atomic E-state index is 0.157. The summed E-state index contributed by atoms with van der Waals surface area (Å²) in [5.74, 6) is 0. The van der Waals surface area contributed by atoms with E-state index in [1.165, 1.54) is 11.3 Å². The minimum atomic E-state index is 0.157. The average molecular weight is 313 g/mol. The van der Waals surface area contributed by atoms with Gasteiger partial charge in [0.05, 0.1) is 12.6 Å². The number of nitrogens with zero attached hydrogens (tertiary/aromatic N) is 1. The molecule has 2 N–H and O–H groups in total. The Bertz CT molecular complexity index is 411. The van der Waals surface area contributed by atoms with Gasteiger partial charge in [0.2, 0.25) is 0 Å². The summed E-state index contributed by atoms with van der Waals surface area (Å²) >= 11 is 3.58. The molecule has 4 heteroatoms. The van der Waals surface area contributed by atoms with Crippen LogP contribution in [0.25, 0.3) is 0 Å². The highest BCUT2D eigenvalue weighted by Gasteiger charge is 2.23. The smallest absolute Gasteiger partial charge is 0.0647 e. The number of anilines is 1. The number of aryl methyl sites for hydroxylation is 1. The third-order valence-electron chi connectivity index (χ3n) is 3.64. The number of hydrogen-bond acceptors (Lipinski definition) is 3. The van der Waals surface area contributed by atoms with Crippen LogP contribution in [0.15, 0.2) is 22.7 Å². The van der Waals surface area contributed by atoms with Crippen LogP contribution in [-0.2, 0) is 0 Å². The first-order valence-electron chi connectivity index (χ1n) is 6.49. The van der Waals surface area contributed by atoms with Gasteiger partial charge in [-0.1, -0.05) is 22.0 Å². The first kappa shape index (κ1) is 13.8. The highest BCUT2D eigenvalue weighted by Crippen LogP contribution is 2.26. The van der Waals surface area contributed by atoms with Crippen molar-refractivity contribution in [1.29, 1.82) is 0 Å². The Hall–Kier alpha value is -0.580. The van der Waals surface area contributed by atoms with E-state index in [0.717, 1.165) is 24.0 Å². The SMILES string of the molecule is Cc1ccc(N2CCC(C)NCC2CO)cc1Br. The largest absolute Gasteiger partial charge is 0.394 e. The molecule has 100 valence electrons. The van der Waals surface area contributed by atoms with Crippen molar-refractivity contribution in [2.45, 2.75) is 32.4 Å². The van der Waals surface area contributed by atoms with Crippen LogP contribution in [0.2, 0.25) is 0 Å². The van der Waals surface area contributed by atoms with Crippen LogP contribution in [0.5, 0.6) is 0 Å². The Labute approximate surface area is 117 Å². The summed E-state index contributed by atoms with van der Waals surface area (Å²) in [6.07, 6.45) is 1.10. The molecule has 0 bridgehead atoms. The van der Waals surface area contributed by atoms with Crippen molar-refractivity contribution in [3.63, 3.8) is 0 Å². The molecule has 18 heavy (non-hydrogen) atoms. The van der Waals surface area contributed by atoms with Gasteiger partial charge >= 0.3 is 0 Å². The molecule has 3 nitrogen and oxygen atoms in total. The standard InChI is InChI=1S/C14H21BrN2O/c1-10-3-4-12(7-14(10)15)17-6-5-11(2)16-8-13(17)9-18/h3-4,7,11,13,16,18H,5-6,8-9H2,1-2H3. The molecule has 1 aliphatic heterocycles. The Morgan fingerprint density at radius 2 is 2.28 bits per heavy atom. The van der Waals surface area contributed by atoms with Crippen LogP contribution >= 0.6 is 15.9 Å². The summed E-state index contributed by atoms with van der Waals surface area (Å²) in [4.78, 5) is 2.31. The number of hydrogen-bond donors (Lipinski definition) is 2. The van der Waals surface area contributed by atoms with E-state index in [2.05, 4.69) is 58.2 Å². The van der Waals surface area contributed by atoms with Crippen LogP contribution in [-0.4, -0.2) is 36.9 Å². The lowest BCUT2D eigenvalue weighted by molar-refractivity contribution is 0.259. The Morgan fingerprint density at radius 1 is 1.50 bits per heavy atom. The number of halogens is 1. The molecule has 2 atom stereocenters. The second-order valence-corrected chi connectivity index (χ2v) is 5.92. The van der Waals surface area contributed by atoms with Gasteiger partial charge in [-0.15, -0.1) is 0 Å². The lowest BCUT2D eigenvalue weighted by Gasteiger charge is -2.30. The van der Waals surface area contributed by atoms with E-state index in [-0.39, 0.29) is 12.6 Å². The topological polar surface area (TPSA) is 35.5 Å². The van der Waals surface area contributed by atoms with Crippen LogP contribution in [0.1, 0.15) is 18.9 Å². The number of benzene rings is 1. The molecule has 2 rings (SSSR count). The molecular weight excluding hydrogens is 292 g/mol. The Balaban J connectivity index is 2.24. The third kappa shape index (κ3) is 3.05. The van der Waals surface area contributed by atoms with Crippen molar-refractivity contribution in [3.8, 4) is 0 Å². The summed E-state index contributed by atoms with van der Waals surface area (Å²) in [5, 5.41) is 13.0. The molecule has 1 aliphatic rings. The van der Waals surface area contributed by atoms with Gasteiger partial charge in [-0.2, -0.15) is 0 Å². The van der Waals surface area contributed by atoms with Crippen LogP contribution in [0.4, 0.5) is 5.69 Å². The predicted molar refractivity (Wildman–Crippen MR) is 79.2 cm³/mol. The molecule has 1 heterocycles. The van der Waals surface area contributed by atoms with Gasteiger partial charge in [-0.25, -0.2) is 0 Å². The van der Waals surface area contributed by atoms with Gasteiger partial charge in [-0.05, 0) is 38.0 Å². The predicted octanol–water partition coefficient (Wildman–Crippen LogP) is 2.31. The van der Waals surface area contributed by atoms with Crippen molar-refractivity contribution in [2.75, 3.05) is 24.6 Å². The van der Waals surface area contributed by atoms with Gasteiger partial charge in [0.1, 0.15) is 0 Å². The summed E-state index contributed by atoms with van der Waals surface area (Å²) in [6.45, 7) is 6.29. The van der Waals surface area contributed by atoms with Crippen LogP contribution in [0, 0.1) is 6.92 Å². The van der Waals surface area contributed by atoms with Crippen molar-refractivity contribution in [3.05, 3.63) is 28.2 Å². The molecule has 1 aromatic rings. The zero-order valence-corrected chi connectivity index (χ0v) is 12.6. The quantitative estimate of drug-likeness (QED) is 0.879. The van der Waals surface area contributed by atoms with Crippen molar-refractivity contribution in [2.24, 2.45) is 0 Å². The number of aliphatic hydroxyl groups is 1. The summed E-state index contributed by atoms with van der Waals surface area (Å²) in [5.41, 5.74) is 2.42. The van der Waals surface area contributed by atoms with Gasteiger partial charge in [0.25, 0.3) is 0 Å². The third-order valence-corrected chi connectivity index (χ3v) is 4.50. The Morgan fingerprint density at radius 3 is 2.94 bits per heavy atom. The van der Waals surface area contributed by atoms with E-state index in [9.17, 15) is 5.11 Å². The minimum Gasteiger partial charge on any atom is -0.394 e. The van der Waals surface area contributed by atoms with Crippen molar-refractivity contribution < 1.29 is 5.11 Å². The first-order chi connectivity index (χ1) is 8.61. The first-order valence-corrected chi connectivity index (χ1v) is 7.28. The average Bonchev–Trinajstić information content (AvgIpc) is 2.54. The summed E-state index contributed by atoms with van der Waals surface area (Å²) in [7, 11) is 0. The van der Waals surface area contributed by atoms with Gasteiger partial charge in [-0.3, -0.25) is 0 Å². The van der Waals surface area contributed by atoms with E-state index in [4.69, 9.17) is 0 Å². The van der Waals surface area contributed by atoms with Gasteiger partial charge < -0.3 is 15.3 Å². The summed E-state index contributed by atoms with van der Waals surface area (Å²) in [6, 6.07) is 7.07.